The average Bonchev–Trinajstić information content (AvgIpc) is 2.80. The number of urea groups is 1. The highest BCUT2D eigenvalue weighted by molar-refractivity contribution is 5.93. The molecule has 0 spiro atoms. The largest absolute Gasteiger partial charge is 0.478 e. The van der Waals surface area contributed by atoms with Crippen molar-refractivity contribution < 1.29 is 14.7 Å². The average molecular weight is 238 g/mol. The lowest BCUT2D eigenvalue weighted by atomic mass is 9.88. The van der Waals surface area contributed by atoms with Crippen LogP contribution in [0.15, 0.2) is 11.3 Å². The van der Waals surface area contributed by atoms with Crippen molar-refractivity contribution in [2.24, 2.45) is 5.92 Å². The molecule has 0 radical (unpaired) electrons. The summed E-state index contributed by atoms with van der Waals surface area (Å²) >= 11 is 0. The maximum Gasteiger partial charge on any atom is 0.335 e. The van der Waals surface area contributed by atoms with E-state index in [2.05, 4.69) is 10.6 Å². The van der Waals surface area contributed by atoms with Gasteiger partial charge in [0.15, 0.2) is 0 Å². The zero-order valence-corrected chi connectivity index (χ0v) is 9.95. The van der Waals surface area contributed by atoms with E-state index in [4.69, 9.17) is 0 Å². The molecule has 2 rings (SSSR count). The minimum absolute atomic E-state index is 0.272. The molecule has 94 valence electrons. The van der Waals surface area contributed by atoms with E-state index in [1.54, 1.807) is 0 Å². The van der Waals surface area contributed by atoms with Gasteiger partial charge >= 0.3 is 12.0 Å². The van der Waals surface area contributed by atoms with Crippen molar-refractivity contribution >= 4 is 12.0 Å². The molecule has 0 aromatic carbocycles. The third kappa shape index (κ3) is 2.28. The first-order valence-corrected chi connectivity index (χ1v) is 6.17. The highest BCUT2D eigenvalue weighted by Gasteiger charge is 2.37. The zero-order valence-electron chi connectivity index (χ0n) is 9.95. The van der Waals surface area contributed by atoms with Gasteiger partial charge in [0.1, 0.15) is 0 Å². The van der Waals surface area contributed by atoms with Crippen LogP contribution in [0.4, 0.5) is 4.79 Å². The van der Waals surface area contributed by atoms with Crippen molar-refractivity contribution in [3.05, 3.63) is 11.3 Å². The van der Waals surface area contributed by atoms with E-state index in [9.17, 15) is 14.7 Å². The minimum Gasteiger partial charge on any atom is -0.478 e. The number of carbonyl (C=O) groups excluding carboxylic acids is 1. The maximum absolute atomic E-state index is 11.5. The molecule has 3 N–H and O–H groups in total. The van der Waals surface area contributed by atoms with Crippen LogP contribution in [0.5, 0.6) is 0 Å². The molecule has 0 bridgehead atoms. The van der Waals surface area contributed by atoms with Crippen LogP contribution in [0.25, 0.3) is 0 Å². The Morgan fingerprint density at radius 3 is 2.59 bits per heavy atom. The summed E-state index contributed by atoms with van der Waals surface area (Å²) in [5.41, 5.74) is 0.900. The Labute approximate surface area is 100 Å². The van der Waals surface area contributed by atoms with E-state index in [0.717, 1.165) is 25.7 Å². The number of allylic oxidation sites excluding steroid dienone is 1. The standard InChI is InChI=1S/C12H18N2O3/c1-2-8-9(11(15)16)10(14-12(17)13-8)7-5-3-4-6-7/h7,10H,2-6H2,1H3,(H,15,16)(H2,13,14,17). The first-order chi connectivity index (χ1) is 8.13. The Kier molecular flexibility index (Phi) is 3.36. The number of carboxylic acid groups (broad SMARTS) is 1. The van der Waals surface area contributed by atoms with Crippen LogP contribution in [0, 0.1) is 5.92 Å². The summed E-state index contributed by atoms with van der Waals surface area (Å²) < 4.78 is 0. The van der Waals surface area contributed by atoms with Gasteiger partial charge in [0.25, 0.3) is 0 Å². The second kappa shape index (κ2) is 4.77. The van der Waals surface area contributed by atoms with E-state index in [0.29, 0.717) is 17.7 Å². The Morgan fingerprint density at radius 1 is 1.41 bits per heavy atom. The fourth-order valence-corrected chi connectivity index (χ4v) is 2.83. The summed E-state index contributed by atoms with van der Waals surface area (Å²) in [6.07, 6.45) is 4.79. The quantitative estimate of drug-likeness (QED) is 0.699. The molecule has 1 fully saturated rings. The fourth-order valence-electron chi connectivity index (χ4n) is 2.83. The monoisotopic (exact) mass is 238 g/mol. The van der Waals surface area contributed by atoms with Crippen LogP contribution in [0.2, 0.25) is 0 Å². The van der Waals surface area contributed by atoms with Crippen molar-refractivity contribution in [3.63, 3.8) is 0 Å². The van der Waals surface area contributed by atoms with Gasteiger partial charge in [0.05, 0.1) is 11.6 Å². The molecular formula is C12H18N2O3. The molecule has 0 aromatic rings. The molecule has 5 nitrogen and oxygen atoms in total. The molecule has 0 saturated heterocycles. The van der Waals surface area contributed by atoms with E-state index in [1.807, 2.05) is 6.92 Å². The Morgan fingerprint density at radius 2 is 2.06 bits per heavy atom. The van der Waals surface area contributed by atoms with Crippen LogP contribution in [0.3, 0.4) is 0 Å². The first-order valence-electron chi connectivity index (χ1n) is 6.17. The number of rotatable bonds is 3. The van der Waals surface area contributed by atoms with Crippen molar-refractivity contribution in [2.75, 3.05) is 0 Å². The van der Waals surface area contributed by atoms with E-state index in [-0.39, 0.29) is 18.0 Å². The van der Waals surface area contributed by atoms with Gasteiger partial charge in [-0.1, -0.05) is 19.8 Å². The van der Waals surface area contributed by atoms with Gasteiger partial charge in [0.2, 0.25) is 0 Å². The lowest BCUT2D eigenvalue weighted by Gasteiger charge is -2.31. The molecule has 1 aliphatic carbocycles. The first kappa shape index (κ1) is 12.0. The Hall–Kier alpha value is -1.52. The summed E-state index contributed by atoms with van der Waals surface area (Å²) in [6.45, 7) is 1.86. The van der Waals surface area contributed by atoms with Crippen LogP contribution >= 0.6 is 0 Å². The third-order valence-corrected chi connectivity index (χ3v) is 3.64. The Balaban J connectivity index is 2.33. The number of hydrogen-bond acceptors (Lipinski definition) is 2. The predicted octanol–water partition coefficient (Wildman–Crippen LogP) is 1.61. The number of carbonyl (C=O) groups is 2. The van der Waals surface area contributed by atoms with Gasteiger partial charge in [-0.15, -0.1) is 0 Å². The highest BCUT2D eigenvalue weighted by Crippen LogP contribution is 2.33. The van der Waals surface area contributed by atoms with Crippen molar-refractivity contribution in [1.82, 2.24) is 10.6 Å². The van der Waals surface area contributed by atoms with Crippen LogP contribution in [-0.4, -0.2) is 23.1 Å². The van der Waals surface area contributed by atoms with Crippen LogP contribution in [-0.2, 0) is 4.79 Å². The molecule has 2 aliphatic rings. The molecule has 17 heavy (non-hydrogen) atoms. The van der Waals surface area contributed by atoms with Gasteiger partial charge in [-0.25, -0.2) is 9.59 Å². The molecule has 1 aliphatic heterocycles. The van der Waals surface area contributed by atoms with Crippen LogP contribution in [0.1, 0.15) is 39.0 Å². The second-order valence-corrected chi connectivity index (χ2v) is 4.67. The Bertz CT molecular complexity index is 370. The van der Waals surface area contributed by atoms with E-state index in [1.165, 1.54) is 0 Å². The lowest BCUT2D eigenvalue weighted by Crippen LogP contribution is -2.52. The molecule has 1 atom stereocenters. The summed E-state index contributed by atoms with van der Waals surface area (Å²) in [5.74, 6) is -0.653. The fraction of sp³-hybridized carbons (Fsp3) is 0.667. The summed E-state index contributed by atoms with van der Waals surface area (Å²) in [5, 5.41) is 14.7. The normalized spacial score (nSPS) is 25.7. The van der Waals surface area contributed by atoms with Gasteiger partial charge in [-0.2, -0.15) is 0 Å². The van der Waals surface area contributed by atoms with Crippen molar-refractivity contribution in [1.29, 1.82) is 0 Å². The molecule has 1 heterocycles. The number of amides is 2. The van der Waals surface area contributed by atoms with E-state index < -0.39 is 5.97 Å². The SMILES string of the molecule is CCC1=C(C(=O)O)C(C2CCCC2)NC(=O)N1. The molecule has 2 amide bonds. The highest BCUT2D eigenvalue weighted by atomic mass is 16.4. The summed E-state index contributed by atoms with van der Waals surface area (Å²) in [4.78, 5) is 22.9. The van der Waals surface area contributed by atoms with Crippen molar-refractivity contribution in [2.45, 2.75) is 45.1 Å². The van der Waals surface area contributed by atoms with Gasteiger partial charge in [-0.3, -0.25) is 0 Å². The second-order valence-electron chi connectivity index (χ2n) is 4.67. The van der Waals surface area contributed by atoms with E-state index >= 15 is 0 Å². The van der Waals surface area contributed by atoms with Gasteiger partial charge in [0, 0.05) is 5.70 Å². The predicted molar refractivity (Wildman–Crippen MR) is 62.4 cm³/mol. The third-order valence-electron chi connectivity index (χ3n) is 3.64. The molecule has 1 unspecified atom stereocenters. The number of hydrogen-bond donors (Lipinski definition) is 3. The van der Waals surface area contributed by atoms with Gasteiger partial charge in [-0.05, 0) is 25.2 Å². The van der Waals surface area contributed by atoms with Gasteiger partial charge < -0.3 is 15.7 Å². The number of nitrogens with one attached hydrogen (secondary N) is 2. The number of aliphatic carboxylic acids is 1. The smallest absolute Gasteiger partial charge is 0.335 e. The molecule has 1 saturated carbocycles. The molecular weight excluding hydrogens is 220 g/mol. The summed E-state index contributed by atoms with van der Waals surface area (Å²) in [7, 11) is 0. The minimum atomic E-state index is -0.925. The topological polar surface area (TPSA) is 78.4 Å². The maximum atomic E-state index is 11.5. The molecule has 0 aromatic heterocycles. The summed E-state index contributed by atoms with van der Waals surface area (Å²) in [6, 6.07) is -0.595. The lowest BCUT2D eigenvalue weighted by molar-refractivity contribution is -0.133. The van der Waals surface area contributed by atoms with Crippen LogP contribution < -0.4 is 10.6 Å². The molecule has 5 heteroatoms. The zero-order chi connectivity index (χ0) is 12.4. The van der Waals surface area contributed by atoms with Crippen molar-refractivity contribution in [3.8, 4) is 0 Å². The number of carboxylic acids is 1.